The average Bonchev–Trinajstić information content (AvgIpc) is 2.82. The Morgan fingerprint density at radius 1 is 1.44 bits per heavy atom. The molecule has 0 saturated heterocycles. The van der Waals surface area contributed by atoms with Crippen LogP contribution in [-0.4, -0.2) is 23.8 Å². The molecule has 18 heavy (non-hydrogen) atoms. The van der Waals surface area contributed by atoms with Crippen molar-refractivity contribution in [3.63, 3.8) is 0 Å². The van der Waals surface area contributed by atoms with Gasteiger partial charge in [-0.15, -0.1) is 0 Å². The molecule has 1 heterocycles. The number of carbonyl (C=O) groups is 1. The number of Topliss-reactive ketones (excluding diaryl/α,β-unsaturated/α-hetero) is 1. The fourth-order valence-electron chi connectivity index (χ4n) is 2.15. The summed E-state index contributed by atoms with van der Waals surface area (Å²) in [4.78, 5) is 17.5. The lowest BCUT2D eigenvalue weighted by molar-refractivity contribution is 0.0100. The fraction of sp³-hybridized carbons (Fsp3) is 0.429. The number of alkyl halides is 1. The minimum absolute atomic E-state index is 0.122. The van der Waals surface area contributed by atoms with Crippen molar-refractivity contribution < 1.29 is 14.0 Å². The minimum Gasteiger partial charge on any atom is -0.388 e. The highest BCUT2D eigenvalue weighted by Gasteiger charge is 2.42. The predicted octanol–water partition coefficient (Wildman–Crippen LogP) is 3.01. The smallest absolute Gasteiger partial charge is 0.175 e. The number of hydrogen-bond donors (Lipinski definition) is 0. The Morgan fingerprint density at radius 3 is 2.67 bits per heavy atom. The summed E-state index contributed by atoms with van der Waals surface area (Å²) >= 11 is 0. The third-order valence-corrected chi connectivity index (χ3v) is 3.13. The van der Waals surface area contributed by atoms with E-state index in [0.29, 0.717) is 17.7 Å². The van der Waals surface area contributed by atoms with E-state index in [1.165, 1.54) is 6.92 Å². The quantitative estimate of drug-likeness (QED) is 0.769. The zero-order valence-electron chi connectivity index (χ0n) is 10.5. The molecule has 3 nitrogen and oxygen atoms in total. The standard InChI is InChI=1S/C14H16FNO2/c1-3-11-12(14(9(2)15)18-16-11)13(17)10-7-5-4-6-8-10/h4-9,12,14H,3H2,1-2H3/t9-,12+,14+/m1/s1. The van der Waals surface area contributed by atoms with Crippen LogP contribution in [0.3, 0.4) is 0 Å². The van der Waals surface area contributed by atoms with Crippen molar-refractivity contribution in [2.24, 2.45) is 11.1 Å². The van der Waals surface area contributed by atoms with Crippen LogP contribution in [0.25, 0.3) is 0 Å². The number of benzene rings is 1. The molecule has 96 valence electrons. The Labute approximate surface area is 106 Å². The molecular weight excluding hydrogens is 233 g/mol. The molecule has 4 heteroatoms. The molecule has 0 N–H and O–H groups in total. The van der Waals surface area contributed by atoms with Gasteiger partial charge in [0, 0.05) is 5.56 Å². The van der Waals surface area contributed by atoms with Crippen LogP contribution in [0.2, 0.25) is 0 Å². The molecule has 0 aromatic heterocycles. The van der Waals surface area contributed by atoms with Crippen LogP contribution in [0.4, 0.5) is 4.39 Å². The second kappa shape index (κ2) is 5.29. The van der Waals surface area contributed by atoms with E-state index in [-0.39, 0.29) is 5.78 Å². The summed E-state index contributed by atoms with van der Waals surface area (Å²) in [6.45, 7) is 3.28. The molecule has 0 aliphatic carbocycles. The van der Waals surface area contributed by atoms with E-state index < -0.39 is 18.2 Å². The van der Waals surface area contributed by atoms with E-state index >= 15 is 0 Å². The number of hydrogen-bond acceptors (Lipinski definition) is 3. The Kier molecular flexibility index (Phi) is 3.75. The van der Waals surface area contributed by atoms with Crippen molar-refractivity contribution in [3.05, 3.63) is 35.9 Å². The number of oxime groups is 1. The number of halogens is 1. The normalized spacial score (nSPS) is 24.3. The van der Waals surface area contributed by atoms with Gasteiger partial charge in [0.2, 0.25) is 0 Å². The molecule has 1 aliphatic rings. The summed E-state index contributed by atoms with van der Waals surface area (Å²) in [7, 11) is 0. The molecule has 1 aromatic rings. The number of rotatable bonds is 4. The molecular formula is C14H16FNO2. The van der Waals surface area contributed by atoms with Gasteiger partial charge in [-0.25, -0.2) is 4.39 Å². The van der Waals surface area contributed by atoms with Crippen LogP contribution in [0.1, 0.15) is 30.6 Å². The van der Waals surface area contributed by atoms with Crippen molar-refractivity contribution in [1.82, 2.24) is 0 Å². The molecule has 0 amide bonds. The van der Waals surface area contributed by atoms with Gasteiger partial charge in [0.1, 0.15) is 12.1 Å². The van der Waals surface area contributed by atoms with Crippen molar-refractivity contribution in [2.45, 2.75) is 32.5 Å². The number of nitrogens with zero attached hydrogens (tertiary/aromatic N) is 1. The lowest BCUT2D eigenvalue weighted by Crippen LogP contribution is -2.36. The van der Waals surface area contributed by atoms with Gasteiger partial charge in [-0.05, 0) is 13.3 Å². The summed E-state index contributed by atoms with van der Waals surface area (Å²) < 4.78 is 13.5. The lowest BCUT2D eigenvalue weighted by Gasteiger charge is -2.18. The maximum absolute atomic E-state index is 13.5. The van der Waals surface area contributed by atoms with E-state index in [9.17, 15) is 9.18 Å². The molecule has 0 unspecified atom stereocenters. The minimum atomic E-state index is -1.23. The first kappa shape index (κ1) is 12.7. The second-order valence-electron chi connectivity index (χ2n) is 4.39. The molecule has 3 atom stereocenters. The maximum Gasteiger partial charge on any atom is 0.175 e. The molecule has 0 fully saturated rings. The van der Waals surface area contributed by atoms with Gasteiger partial charge >= 0.3 is 0 Å². The Balaban J connectivity index is 2.28. The van der Waals surface area contributed by atoms with Crippen LogP contribution in [0.15, 0.2) is 35.5 Å². The third kappa shape index (κ3) is 2.28. The van der Waals surface area contributed by atoms with Crippen LogP contribution in [-0.2, 0) is 4.84 Å². The van der Waals surface area contributed by atoms with Crippen molar-refractivity contribution >= 4 is 11.5 Å². The molecule has 0 bridgehead atoms. The van der Waals surface area contributed by atoms with Gasteiger partial charge < -0.3 is 4.84 Å². The molecule has 0 radical (unpaired) electrons. The molecule has 0 saturated carbocycles. The van der Waals surface area contributed by atoms with Crippen LogP contribution in [0.5, 0.6) is 0 Å². The molecule has 1 aliphatic heterocycles. The van der Waals surface area contributed by atoms with Gasteiger partial charge in [0.25, 0.3) is 0 Å². The van der Waals surface area contributed by atoms with Crippen molar-refractivity contribution in [3.8, 4) is 0 Å². The lowest BCUT2D eigenvalue weighted by atomic mass is 9.86. The summed E-state index contributed by atoms with van der Waals surface area (Å²) in [5, 5.41) is 3.84. The van der Waals surface area contributed by atoms with E-state index in [2.05, 4.69) is 5.16 Å². The first-order valence-electron chi connectivity index (χ1n) is 6.11. The van der Waals surface area contributed by atoms with E-state index in [4.69, 9.17) is 4.84 Å². The van der Waals surface area contributed by atoms with Crippen LogP contribution < -0.4 is 0 Å². The van der Waals surface area contributed by atoms with Crippen molar-refractivity contribution in [1.29, 1.82) is 0 Å². The summed E-state index contributed by atoms with van der Waals surface area (Å²) in [5.41, 5.74) is 1.19. The Bertz CT molecular complexity index is 456. The van der Waals surface area contributed by atoms with Gasteiger partial charge in [0.15, 0.2) is 11.9 Å². The van der Waals surface area contributed by atoms with Gasteiger partial charge in [-0.3, -0.25) is 4.79 Å². The summed E-state index contributed by atoms with van der Waals surface area (Å²) in [6.07, 6.45) is -1.44. The highest BCUT2D eigenvalue weighted by molar-refractivity contribution is 6.13. The fourth-order valence-corrected chi connectivity index (χ4v) is 2.15. The number of ketones is 1. The van der Waals surface area contributed by atoms with Crippen molar-refractivity contribution in [2.75, 3.05) is 0 Å². The highest BCUT2D eigenvalue weighted by Crippen LogP contribution is 2.28. The Hall–Kier alpha value is -1.71. The Morgan fingerprint density at radius 2 is 2.11 bits per heavy atom. The largest absolute Gasteiger partial charge is 0.388 e. The zero-order valence-corrected chi connectivity index (χ0v) is 10.5. The first-order valence-corrected chi connectivity index (χ1v) is 6.11. The monoisotopic (exact) mass is 249 g/mol. The summed E-state index contributed by atoms with van der Waals surface area (Å²) in [5.74, 6) is -0.722. The topological polar surface area (TPSA) is 38.7 Å². The van der Waals surface area contributed by atoms with E-state index in [0.717, 1.165) is 0 Å². The zero-order chi connectivity index (χ0) is 13.1. The predicted molar refractivity (Wildman–Crippen MR) is 67.4 cm³/mol. The van der Waals surface area contributed by atoms with Gasteiger partial charge in [0.05, 0.1) is 5.71 Å². The summed E-state index contributed by atoms with van der Waals surface area (Å²) in [6, 6.07) is 8.88. The molecule has 1 aromatic carbocycles. The maximum atomic E-state index is 13.5. The SMILES string of the molecule is CCC1=NO[C@@H]([C@@H](C)F)[C@@H]1C(=O)c1ccccc1. The third-order valence-electron chi connectivity index (χ3n) is 3.13. The van der Waals surface area contributed by atoms with Crippen LogP contribution >= 0.6 is 0 Å². The molecule has 2 rings (SSSR count). The van der Waals surface area contributed by atoms with Gasteiger partial charge in [-0.2, -0.15) is 0 Å². The van der Waals surface area contributed by atoms with E-state index in [1.807, 2.05) is 13.0 Å². The number of carbonyl (C=O) groups excluding carboxylic acids is 1. The van der Waals surface area contributed by atoms with E-state index in [1.54, 1.807) is 24.3 Å². The van der Waals surface area contributed by atoms with Crippen LogP contribution in [0, 0.1) is 5.92 Å². The average molecular weight is 249 g/mol. The first-order chi connectivity index (χ1) is 8.65. The second-order valence-corrected chi connectivity index (χ2v) is 4.39. The highest BCUT2D eigenvalue weighted by atomic mass is 19.1. The molecule has 0 spiro atoms. The van der Waals surface area contributed by atoms with Gasteiger partial charge in [-0.1, -0.05) is 42.4 Å².